The first kappa shape index (κ1) is 21.2. The number of hydrogen-bond acceptors (Lipinski definition) is 6. The molecule has 0 amide bonds. The lowest BCUT2D eigenvalue weighted by atomic mass is 9.93. The third kappa shape index (κ3) is 5.01. The van der Waals surface area contributed by atoms with Gasteiger partial charge in [0.05, 0.1) is 18.2 Å². The van der Waals surface area contributed by atoms with E-state index in [0.29, 0.717) is 12.1 Å². The van der Waals surface area contributed by atoms with E-state index in [2.05, 4.69) is 51.6 Å². The third-order valence-corrected chi connectivity index (χ3v) is 6.63. The number of methoxy groups -OCH3 is 1. The van der Waals surface area contributed by atoms with Gasteiger partial charge in [-0.05, 0) is 62.3 Å². The second kappa shape index (κ2) is 10.4. The van der Waals surface area contributed by atoms with Crippen LogP contribution in [0.3, 0.4) is 0 Å². The van der Waals surface area contributed by atoms with E-state index in [1.54, 1.807) is 7.11 Å². The SMILES string of the molecule is COC1CCC(NC2=NC(n3ccc4c(OCCCSC)cccc43)CC=N2)CC1. The van der Waals surface area contributed by atoms with Gasteiger partial charge in [-0.2, -0.15) is 11.8 Å². The third-order valence-electron chi connectivity index (χ3n) is 5.94. The topological polar surface area (TPSA) is 60.1 Å². The summed E-state index contributed by atoms with van der Waals surface area (Å²) in [5.41, 5.74) is 1.15. The Hall–Kier alpha value is -1.99. The summed E-state index contributed by atoms with van der Waals surface area (Å²) in [5, 5.41) is 4.70. The van der Waals surface area contributed by atoms with Crippen molar-refractivity contribution in [1.29, 1.82) is 0 Å². The summed E-state index contributed by atoms with van der Waals surface area (Å²) in [6.45, 7) is 0.749. The molecule has 2 aromatic rings. The molecule has 1 N–H and O–H groups in total. The molecule has 0 radical (unpaired) electrons. The summed E-state index contributed by atoms with van der Waals surface area (Å²) >= 11 is 1.85. The standard InChI is InChI=1S/C23H32N4O2S/c1-28-18-9-7-17(8-10-18)25-23-24-13-11-22(26-23)27-14-12-19-20(27)5-3-6-21(19)29-15-4-16-30-2/h3,5-6,12-14,17-18,22H,4,7-11,15-16H2,1-2H3,(H,25,26). The Kier molecular flexibility index (Phi) is 7.33. The van der Waals surface area contributed by atoms with Crippen LogP contribution < -0.4 is 10.1 Å². The second-order valence-electron chi connectivity index (χ2n) is 7.94. The highest BCUT2D eigenvalue weighted by atomic mass is 32.2. The van der Waals surface area contributed by atoms with E-state index in [0.717, 1.165) is 73.5 Å². The van der Waals surface area contributed by atoms with Gasteiger partial charge in [-0.3, -0.25) is 0 Å². The fourth-order valence-corrected chi connectivity index (χ4v) is 4.67. The smallest absolute Gasteiger partial charge is 0.219 e. The molecule has 1 fully saturated rings. The number of hydrogen-bond donors (Lipinski definition) is 1. The predicted octanol–water partition coefficient (Wildman–Crippen LogP) is 4.65. The van der Waals surface area contributed by atoms with E-state index in [1.165, 1.54) is 0 Å². The largest absolute Gasteiger partial charge is 0.493 e. The Morgan fingerprint density at radius 1 is 1.20 bits per heavy atom. The van der Waals surface area contributed by atoms with Gasteiger partial charge in [0.25, 0.3) is 0 Å². The van der Waals surface area contributed by atoms with Crippen LogP contribution in [0.15, 0.2) is 40.4 Å². The number of nitrogens with one attached hydrogen (secondary N) is 1. The fourth-order valence-electron chi connectivity index (χ4n) is 4.27. The molecule has 162 valence electrons. The van der Waals surface area contributed by atoms with Gasteiger partial charge in [-0.15, -0.1) is 0 Å². The highest BCUT2D eigenvalue weighted by Gasteiger charge is 2.23. The maximum atomic E-state index is 6.05. The zero-order valence-corrected chi connectivity index (χ0v) is 18.7. The lowest BCUT2D eigenvalue weighted by molar-refractivity contribution is 0.0645. The molecule has 1 aromatic heterocycles. The first-order valence-electron chi connectivity index (χ1n) is 10.9. The molecule has 1 aliphatic heterocycles. The summed E-state index contributed by atoms with van der Waals surface area (Å²) in [7, 11) is 1.81. The highest BCUT2D eigenvalue weighted by molar-refractivity contribution is 7.98. The van der Waals surface area contributed by atoms with Crippen molar-refractivity contribution >= 4 is 34.8 Å². The van der Waals surface area contributed by atoms with Crippen LogP contribution in [0.5, 0.6) is 5.75 Å². The van der Waals surface area contributed by atoms with Gasteiger partial charge in [-0.1, -0.05) is 6.07 Å². The molecule has 0 bridgehead atoms. The molecule has 30 heavy (non-hydrogen) atoms. The molecule has 6 nitrogen and oxygen atoms in total. The first-order valence-corrected chi connectivity index (χ1v) is 12.3. The summed E-state index contributed by atoms with van der Waals surface area (Å²) in [4.78, 5) is 9.44. The number of aromatic nitrogens is 1. The molecular weight excluding hydrogens is 396 g/mol. The molecule has 4 rings (SSSR count). The van der Waals surface area contributed by atoms with Gasteiger partial charge >= 0.3 is 0 Å². The van der Waals surface area contributed by atoms with Crippen molar-refractivity contribution in [3.05, 3.63) is 30.5 Å². The molecule has 1 unspecified atom stereocenters. The van der Waals surface area contributed by atoms with Crippen molar-refractivity contribution in [1.82, 2.24) is 9.88 Å². The average Bonchev–Trinajstić information content (AvgIpc) is 3.22. The number of fused-ring (bicyclic) bond motifs is 1. The van der Waals surface area contributed by atoms with Crippen LogP contribution >= 0.6 is 11.8 Å². The lowest BCUT2D eigenvalue weighted by Crippen LogP contribution is -2.39. The highest BCUT2D eigenvalue weighted by Crippen LogP contribution is 2.31. The number of nitrogens with zero attached hydrogens (tertiary/aromatic N) is 3. The van der Waals surface area contributed by atoms with Crippen LogP contribution in [-0.2, 0) is 4.74 Å². The molecular formula is C23H32N4O2S. The van der Waals surface area contributed by atoms with Gasteiger partial charge in [-0.25, -0.2) is 9.98 Å². The van der Waals surface area contributed by atoms with Crippen molar-refractivity contribution in [2.24, 2.45) is 9.98 Å². The maximum absolute atomic E-state index is 6.05. The van der Waals surface area contributed by atoms with Gasteiger partial charge in [0.15, 0.2) is 0 Å². The number of aliphatic imine (C=N–C) groups is 2. The van der Waals surface area contributed by atoms with E-state index in [9.17, 15) is 0 Å². The summed E-state index contributed by atoms with van der Waals surface area (Å²) in [6.07, 6.45) is 12.9. The molecule has 2 aliphatic rings. The number of rotatable bonds is 8. The van der Waals surface area contributed by atoms with E-state index in [4.69, 9.17) is 14.5 Å². The fraction of sp³-hybridized carbons (Fsp3) is 0.565. The Morgan fingerprint density at radius 3 is 2.87 bits per heavy atom. The number of guanidine groups is 1. The minimum absolute atomic E-state index is 0.0181. The van der Waals surface area contributed by atoms with E-state index in [-0.39, 0.29) is 6.17 Å². The molecule has 1 aliphatic carbocycles. The summed E-state index contributed by atoms with van der Waals surface area (Å²) in [6, 6.07) is 8.83. The Bertz CT molecular complexity index is 886. The van der Waals surface area contributed by atoms with Crippen molar-refractivity contribution in [2.75, 3.05) is 25.7 Å². The van der Waals surface area contributed by atoms with Crippen LogP contribution in [0, 0.1) is 0 Å². The Morgan fingerprint density at radius 2 is 2.07 bits per heavy atom. The van der Waals surface area contributed by atoms with E-state index in [1.807, 2.05) is 18.0 Å². The minimum Gasteiger partial charge on any atom is -0.493 e. The molecule has 1 saturated carbocycles. The maximum Gasteiger partial charge on any atom is 0.219 e. The number of benzene rings is 1. The predicted molar refractivity (Wildman–Crippen MR) is 126 cm³/mol. The zero-order valence-electron chi connectivity index (χ0n) is 17.9. The second-order valence-corrected chi connectivity index (χ2v) is 8.93. The first-order chi connectivity index (χ1) is 14.8. The van der Waals surface area contributed by atoms with Crippen molar-refractivity contribution in [2.45, 2.75) is 56.8 Å². The van der Waals surface area contributed by atoms with Gasteiger partial charge in [0.2, 0.25) is 5.96 Å². The average molecular weight is 429 g/mol. The Labute approximate surface area is 183 Å². The van der Waals surface area contributed by atoms with Crippen LogP contribution in [0.4, 0.5) is 0 Å². The molecule has 0 saturated heterocycles. The number of ether oxygens (including phenoxy) is 2. The van der Waals surface area contributed by atoms with Crippen molar-refractivity contribution < 1.29 is 9.47 Å². The summed E-state index contributed by atoms with van der Waals surface area (Å²) < 4.78 is 13.8. The zero-order chi connectivity index (χ0) is 20.8. The van der Waals surface area contributed by atoms with Gasteiger partial charge in [0.1, 0.15) is 11.9 Å². The normalized spacial score (nSPS) is 24.1. The van der Waals surface area contributed by atoms with Crippen molar-refractivity contribution in [3.63, 3.8) is 0 Å². The molecule has 0 spiro atoms. The van der Waals surface area contributed by atoms with Crippen LogP contribution in [-0.4, -0.2) is 54.6 Å². The number of thioether (sulfide) groups is 1. The Balaban J connectivity index is 1.45. The van der Waals surface area contributed by atoms with Crippen LogP contribution in [0.1, 0.15) is 44.7 Å². The molecule has 7 heteroatoms. The minimum atomic E-state index is 0.0181. The molecule has 1 atom stereocenters. The van der Waals surface area contributed by atoms with Crippen molar-refractivity contribution in [3.8, 4) is 5.75 Å². The van der Waals surface area contributed by atoms with E-state index >= 15 is 0 Å². The monoisotopic (exact) mass is 428 g/mol. The van der Waals surface area contributed by atoms with Crippen LogP contribution in [0.25, 0.3) is 10.9 Å². The lowest BCUT2D eigenvalue weighted by Gasteiger charge is -2.29. The molecule has 2 heterocycles. The van der Waals surface area contributed by atoms with E-state index < -0.39 is 0 Å². The quantitative estimate of drug-likeness (QED) is 0.622. The molecule has 1 aromatic carbocycles. The summed E-state index contributed by atoms with van der Waals surface area (Å²) in [5.74, 6) is 2.82. The van der Waals surface area contributed by atoms with Gasteiger partial charge in [0, 0.05) is 37.4 Å². The van der Waals surface area contributed by atoms with Gasteiger partial charge < -0.3 is 19.4 Å². The van der Waals surface area contributed by atoms with Crippen LogP contribution in [0.2, 0.25) is 0 Å².